The lowest BCUT2D eigenvalue weighted by Gasteiger charge is -2.08. The molecule has 0 aliphatic heterocycles. The van der Waals surface area contributed by atoms with Crippen LogP contribution in [0.3, 0.4) is 0 Å². The minimum absolute atomic E-state index is 0.0799. The van der Waals surface area contributed by atoms with Gasteiger partial charge in [-0.25, -0.2) is 0 Å². The van der Waals surface area contributed by atoms with Gasteiger partial charge in [-0.15, -0.1) is 23.1 Å². The van der Waals surface area contributed by atoms with E-state index in [-0.39, 0.29) is 5.91 Å². The van der Waals surface area contributed by atoms with Crippen molar-refractivity contribution in [2.75, 3.05) is 11.1 Å². The first-order valence-corrected chi connectivity index (χ1v) is 11.4. The van der Waals surface area contributed by atoms with Crippen LogP contribution in [0.5, 0.6) is 0 Å². The first kappa shape index (κ1) is 19.0. The van der Waals surface area contributed by atoms with E-state index in [1.807, 2.05) is 30.3 Å². The smallest absolute Gasteiger partial charge is 0.235 e. The Morgan fingerprint density at radius 2 is 2.00 bits per heavy atom. The molecule has 0 spiro atoms. The van der Waals surface area contributed by atoms with E-state index >= 15 is 0 Å². The zero-order chi connectivity index (χ0) is 19.3. The Kier molecular flexibility index (Phi) is 5.94. The van der Waals surface area contributed by atoms with Crippen LogP contribution in [0.25, 0.3) is 10.9 Å². The van der Waals surface area contributed by atoms with E-state index in [0.717, 1.165) is 52.0 Å². The molecule has 1 aromatic carbocycles. The van der Waals surface area contributed by atoms with Crippen LogP contribution in [-0.4, -0.2) is 16.6 Å². The molecule has 0 fully saturated rings. The summed E-state index contributed by atoms with van der Waals surface area (Å²) in [4.78, 5) is 19.3. The summed E-state index contributed by atoms with van der Waals surface area (Å²) in [6, 6.07) is 12.3. The van der Waals surface area contributed by atoms with Gasteiger partial charge in [0.1, 0.15) is 11.1 Å². The van der Waals surface area contributed by atoms with Crippen molar-refractivity contribution >= 4 is 44.9 Å². The number of nitrogens with one attached hydrogen (secondary N) is 1. The van der Waals surface area contributed by atoms with Crippen LogP contribution in [0.4, 0.5) is 5.00 Å². The zero-order valence-electron chi connectivity index (χ0n) is 15.5. The van der Waals surface area contributed by atoms with Gasteiger partial charge < -0.3 is 5.32 Å². The molecule has 1 N–H and O–H groups in total. The standard InChI is InChI=1S/C22H21N3OS2/c23-13-17-16-9-3-1-2-4-10-18(16)28-22(17)25-20(26)14-27-19-11-5-7-15-8-6-12-24-21(15)19/h5-8,11-12H,1-4,9-10,14H2,(H,25,26). The molecule has 3 aromatic rings. The summed E-state index contributed by atoms with van der Waals surface area (Å²) in [5.74, 6) is 0.215. The second-order valence-electron chi connectivity index (χ2n) is 6.90. The second-order valence-corrected chi connectivity index (χ2v) is 9.02. The fourth-order valence-electron chi connectivity index (χ4n) is 3.62. The minimum atomic E-state index is -0.0799. The molecule has 1 aliphatic carbocycles. The van der Waals surface area contributed by atoms with Crippen molar-refractivity contribution in [2.24, 2.45) is 0 Å². The number of thiophene rings is 1. The van der Waals surface area contributed by atoms with Crippen molar-refractivity contribution in [1.29, 1.82) is 5.26 Å². The Hall–Kier alpha value is -2.36. The van der Waals surface area contributed by atoms with Gasteiger partial charge in [-0.05, 0) is 43.4 Å². The third kappa shape index (κ3) is 4.06. The molecule has 0 saturated carbocycles. The van der Waals surface area contributed by atoms with Gasteiger partial charge in [0.05, 0.1) is 16.8 Å². The molecule has 4 nitrogen and oxygen atoms in total. The van der Waals surface area contributed by atoms with E-state index in [2.05, 4.69) is 16.4 Å². The Balaban J connectivity index is 1.48. The number of aryl methyl sites for hydroxylation is 1. The molecule has 0 unspecified atom stereocenters. The van der Waals surface area contributed by atoms with E-state index in [1.165, 1.54) is 29.5 Å². The predicted octanol–water partition coefficient (Wildman–Crippen LogP) is 5.56. The number of aromatic nitrogens is 1. The average Bonchev–Trinajstić information content (AvgIpc) is 3.01. The zero-order valence-corrected chi connectivity index (χ0v) is 17.2. The normalized spacial score (nSPS) is 14.0. The molecule has 0 radical (unpaired) electrons. The summed E-state index contributed by atoms with van der Waals surface area (Å²) in [6.45, 7) is 0. The van der Waals surface area contributed by atoms with Gasteiger partial charge in [0, 0.05) is 21.4 Å². The first-order chi connectivity index (χ1) is 13.8. The molecular formula is C22H21N3OS2. The Morgan fingerprint density at radius 1 is 1.18 bits per heavy atom. The van der Waals surface area contributed by atoms with Crippen molar-refractivity contribution in [3.63, 3.8) is 0 Å². The van der Waals surface area contributed by atoms with Crippen LogP contribution in [0.15, 0.2) is 41.4 Å². The lowest BCUT2D eigenvalue weighted by Crippen LogP contribution is -2.14. The summed E-state index contributed by atoms with van der Waals surface area (Å²) >= 11 is 3.07. The molecule has 2 heterocycles. The van der Waals surface area contributed by atoms with Crippen molar-refractivity contribution in [2.45, 2.75) is 43.4 Å². The summed E-state index contributed by atoms with van der Waals surface area (Å²) in [6.07, 6.45) is 8.48. The van der Waals surface area contributed by atoms with Gasteiger partial charge in [0.25, 0.3) is 0 Å². The fourth-order valence-corrected chi connectivity index (χ4v) is 5.72. The number of anilines is 1. The molecule has 0 bridgehead atoms. The minimum Gasteiger partial charge on any atom is -0.316 e. The molecule has 0 atom stereocenters. The number of thioether (sulfide) groups is 1. The summed E-state index contributed by atoms with van der Waals surface area (Å²) in [5.41, 5.74) is 2.75. The maximum Gasteiger partial charge on any atom is 0.235 e. The Morgan fingerprint density at radius 3 is 2.86 bits per heavy atom. The Labute approximate surface area is 173 Å². The van der Waals surface area contributed by atoms with Crippen LogP contribution in [-0.2, 0) is 17.6 Å². The average molecular weight is 408 g/mol. The topological polar surface area (TPSA) is 65.8 Å². The molecular weight excluding hydrogens is 386 g/mol. The van der Waals surface area contributed by atoms with Gasteiger partial charge in [-0.3, -0.25) is 9.78 Å². The largest absolute Gasteiger partial charge is 0.316 e. The highest BCUT2D eigenvalue weighted by molar-refractivity contribution is 8.00. The summed E-state index contributed by atoms with van der Waals surface area (Å²) < 4.78 is 0. The SMILES string of the molecule is N#Cc1c(NC(=O)CSc2cccc3cccnc23)sc2c1CCCCCC2. The predicted molar refractivity (Wildman–Crippen MR) is 116 cm³/mol. The number of benzene rings is 1. The van der Waals surface area contributed by atoms with Crippen molar-refractivity contribution in [3.8, 4) is 6.07 Å². The maximum absolute atomic E-state index is 12.6. The summed E-state index contributed by atoms with van der Waals surface area (Å²) in [7, 11) is 0. The number of pyridine rings is 1. The Bertz CT molecular complexity index is 1050. The number of para-hydroxylation sites is 1. The third-order valence-corrected chi connectivity index (χ3v) is 7.24. The highest BCUT2D eigenvalue weighted by Gasteiger charge is 2.20. The highest BCUT2D eigenvalue weighted by Crippen LogP contribution is 2.36. The van der Waals surface area contributed by atoms with E-state index in [4.69, 9.17) is 0 Å². The van der Waals surface area contributed by atoms with Gasteiger partial charge in [-0.1, -0.05) is 31.0 Å². The number of amides is 1. The number of hydrogen-bond donors (Lipinski definition) is 1. The number of carbonyl (C=O) groups is 1. The van der Waals surface area contributed by atoms with Gasteiger partial charge in [-0.2, -0.15) is 5.26 Å². The van der Waals surface area contributed by atoms with Crippen LogP contribution in [0, 0.1) is 11.3 Å². The van der Waals surface area contributed by atoms with Crippen LogP contribution < -0.4 is 5.32 Å². The number of fused-ring (bicyclic) bond motifs is 2. The molecule has 4 rings (SSSR count). The number of nitrogens with zero attached hydrogens (tertiary/aromatic N) is 2. The number of hydrogen-bond acceptors (Lipinski definition) is 5. The molecule has 1 amide bonds. The molecule has 0 saturated heterocycles. The molecule has 2 aromatic heterocycles. The fraction of sp³-hybridized carbons (Fsp3) is 0.318. The van der Waals surface area contributed by atoms with Crippen LogP contribution in [0.1, 0.15) is 41.7 Å². The van der Waals surface area contributed by atoms with Crippen molar-refractivity contribution in [3.05, 3.63) is 52.5 Å². The lowest BCUT2D eigenvalue weighted by atomic mass is 9.97. The van der Waals surface area contributed by atoms with Crippen LogP contribution in [0.2, 0.25) is 0 Å². The maximum atomic E-state index is 12.6. The lowest BCUT2D eigenvalue weighted by molar-refractivity contribution is -0.113. The van der Waals surface area contributed by atoms with Gasteiger partial charge in [0.2, 0.25) is 5.91 Å². The quantitative estimate of drug-likeness (QED) is 0.575. The van der Waals surface area contributed by atoms with Crippen LogP contribution >= 0.6 is 23.1 Å². The van der Waals surface area contributed by atoms with Gasteiger partial charge >= 0.3 is 0 Å². The molecule has 28 heavy (non-hydrogen) atoms. The van der Waals surface area contributed by atoms with E-state index in [1.54, 1.807) is 17.5 Å². The van der Waals surface area contributed by atoms with Crippen molar-refractivity contribution < 1.29 is 4.79 Å². The second kappa shape index (κ2) is 8.76. The molecule has 6 heteroatoms. The van der Waals surface area contributed by atoms with E-state index in [9.17, 15) is 10.1 Å². The van der Waals surface area contributed by atoms with Crippen molar-refractivity contribution in [1.82, 2.24) is 4.98 Å². The summed E-state index contributed by atoms with van der Waals surface area (Å²) in [5, 5.41) is 14.4. The highest BCUT2D eigenvalue weighted by atomic mass is 32.2. The number of rotatable bonds is 4. The first-order valence-electron chi connectivity index (χ1n) is 9.57. The van der Waals surface area contributed by atoms with E-state index in [0.29, 0.717) is 11.3 Å². The number of carbonyl (C=O) groups excluding carboxylic acids is 1. The molecule has 1 aliphatic rings. The number of nitriles is 1. The van der Waals surface area contributed by atoms with Gasteiger partial charge in [0.15, 0.2) is 0 Å². The third-order valence-electron chi connectivity index (χ3n) is 4.99. The van der Waals surface area contributed by atoms with E-state index < -0.39 is 0 Å². The molecule has 142 valence electrons. The monoisotopic (exact) mass is 407 g/mol.